The smallest absolute Gasteiger partial charge is 0.247 e. The normalized spacial score (nSPS) is 14.2. The molecule has 1 aliphatic rings. The van der Waals surface area contributed by atoms with Crippen LogP contribution in [0.5, 0.6) is 5.75 Å². The Balaban J connectivity index is 0.000000642. The molecule has 1 fully saturated rings. The Bertz CT molecular complexity index is 1160. The second-order valence-corrected chi connectivity index (χ2v) is 9.31. The number of nitrogens with one attached hydrogen (secondary N) is 2. The monoisotopic (exact) mass is 492 g/mol. The first-order valence-corrected chi connectivity index (χ1v) is 12.5. The highest BCUT2D eigenvalue weighted by molar-refractivity contribution is 5.98. The number of aromatic nitrogens is 2. The predicted octanol–water partition coefficient (Wildman–Crippen LogP) is 5.62. The number of imidazole rings is 1. The van der Waals surface area contributed by atoms with E-state index in [0.717, 1.165) is 22.5 Å². The van der Waals surface area contributed by atoms with Gasteiger partial charge in [0.1, 0.15) is 11.6 Å². The minimum atomic E-state index is -0.298. The lowest BCUT2D eigenvalue weighted by Crippen LogP contribution is -2.29. The molecule has 0 unspecified atom stereocenters. The number of nitrogens with zero attached hydrogens (tertiary/aromatic N) is 2. The molecule has 3 aromatic rings. The maximum absolute atomic E-state index is 13.2. The summed E-state index contributed by atoms with van der Waals surface area (Å²) in [5.74, 6) is 0.255. The lowest BCUT2D eigenvalue weighted by Gasteiger charge is -2.18. The van der Waals surface area contributed by atoms with Crippen LogP contribution >= 0.6 is 0 Å². The van der Waals surface area contributed by atoms with Gasteiger partial charge < -0.3 is 19.9 Å². The zero-order chi connectivity index (χ0) is 26.1. The van der Waals surface area contributed by atoms with E-state index in [0.29, 0.717) is 11.3 Å². The van der Waals surface area contributed by atoms with Crippen molar-refractivity contribution in [1.29, 1.82) is 0 Å². The molecule has 36 heavy (non-hydrogen) atoms. The Morgan fingerprint density at radius 3 is 2.36 bits per heavy atom. The average Bonchev–Trinajstić information content (AvgIpc) is 3.58. The lowest BCUT2D eigenvalue weighted by molar-refractivity contribution is -0.118. The van der Waals surface area contributed by atoms with Gasteiger partial charge in [0.05, 0.1) is 30.9 Å². The largest absolute Gasteiger partial charge is 0.495 e. The Hall–Kier alpha value is -3.45. The molecule has 0 saturated carbocycles. The quantitative estimate of drug-likeness (QED) is 0.421. The van der Waals surface area contributed by atoms with Crippen LogP contribution in [0.15, 0.2) is 60.6 Å². The van der Waals surface area contributed by atoms with Crippen LogP contribution in [0.1, 0.15) is 56.5 Å². The van der Waals surface area contributed by atoms with Crippen molar-refractivity contribution in [3.05, 3.63) is 83.2 Å². The van der Waals surface area contributed by atoms with Crippen molar-refractivity contribution in [1.82, 2.24) is 20.2 Å². The number of hydrogen-bond acceptors (Lipinski definition) is 4. The molecular weight excluding hydrogens is 455 g/mol. The SMILES string of the molecule is C1CCNC1.COc1cc(/C=C(/C(=O)N[C@@H](C)c2ccc(F)cc2)C(C)C)ccc1-n1cnc(C)c1. The van der Waals surface area contributed by atoms with Gasteiger partial charge in [0, 0.05) is 11.8 Å². The molecule has 0 bridgehead atoms. The van der Waals surface area contributed by atoms with Crippen molar-refractivity contribution in [2.75, 3.05) is 20.2 Å². The number of methoxy groups -OCH3 is 1. The molecule has 2 aromatic carbocycles. The van der Waals surface area contributed by atoms with E-state index in [2.05, 4.69) is 15.6 Å². The van der Waals surface area contributed by atoms with Crippen LogP contribution in [-0.2, 0) is 4.79 Å². The number of rotatable bonds is 7. The second kappa shape index (κ2) is 13.0. The van der Waals surface area contributed by atoms with E-state index >= 15 is 0 Å². The first kappa shape index (κ1) is 27.1. The van der Waals surface area contributed by atoms with Crippen LogP contribution < -0.4 is 15.4 Å². The Labute approximate surface area is 213 Å². The molecule has 2 N–H and O–H groups in total. The van der Waals surface area contributed by atoms with Gasteiger partial charge in [-0.25, -0.2) is 9.37 Å². The summed E-state index contributed by atoms with van der Waals surface area (Å²) in [7, 11) is 1.62. The molecule has 192 valence electrons. The van der Waals surface area contributed by atoms with Crippen LogP contribution in [0.2, 0.25) is 0 Å². The standard InChI is InChI=1S/C25H28FN3O2.C4H9N/c1-16(2)22(25(30)28-18(4)20-7-9-21(26)10-8-20)12-19-6-11-23(24(13-19)31-5)29-14-17(3)27-15-29;1-2-4-5-3-1/h6-16,18H,1-5H3,(H,28,30);5H,1-4H2/b22-12+;/t18-;/m0./s1. The molecule has 4 rings (SSSR count). The lowest BCUT2D eigenvalue weighted by atomic mass is 9.98. The molecule has 0 spiro atoms. The molecule has 2 heterocycles. The maximum atomic E-state index is 13.2. The molecule has 6 nitrogen and oxygen atoms in total. The molecule has 1 aromatic heterocycles. The van der Waals surface area contributed by atoms with Crippen molar-refractivity contribution >= 4 is 12.0 Å². The summed E-state index contributed by atoms with van der Waals surface area (Å²) in [6, 6.07) is 11.7. The number of hydrogen-bond donors (Lipinski definition) is 2. The molecule has 7 heteroatoms. The van der Waals surface area contributed by atoms with E-state index < -0.39 is 0 Å². The third kappa shape index (κ3) is 7.52. The van der Waals surface area contributed by atoms with Crippen molar-refractivity contribution in [2.24, 2.45) is 5.92 Å². The summed E-state index contributed by atoms with van der Waals surface area (Å²) in [6.45, 7) is 10.3. The first-order chi connectivity index (χ1) is 17.3. The molecule has 1 saturated heterocycles. The highest BCUT2D eigenvalue weighted by Crippen LogP contribution is 2.27. The summed E-state index contributed by atoms with van der Waals surface area (Å²) >= 11 is 0. The van der Waals surface area contributed by atoms with E-state index in [1.54, 1.807) is 25.6 Å². The number of amides is 1. The Morgan fingerprint density at radius 2 is 1.83 bits per heavy atom. The molecular formula is C29H37FN4O2. The van der Waals surface area contributed by atoms with Crippen molar-refractivity contribution in [3.63, 3.8) is 0 Å². The minimum absolute atomic E-state index is 0.0161. The van der Waals surface area contributed by atoms with Gasteiger partial charge in [0.25, 0.3) is 0 Å². The van der Waals surface area contributed by atoms with Crippen LogP contribution in [0.25, 0.3) is 11.8 Å². The number of benzene rings is 2. The summed E-state index contributed by atoms with van der Waals surface area (Å²) in [4.78, 5) is 17.3. The number of carbonyl (C=O) groups excluding carboxylic acids is 1. The van der Waals surface area contributed by atoms with Gasteiger partial charge in [-0.05, 0) is 87.2 Å². The van der Waals surface area contributed by atoms with Crippen LogP contribution in [0.4, 0.5) is 4.39 Å². The summed E-state index contributed by atoms with van der Waals surface area (Å²) in [5, 5.41) is 6.23. The number of halogens is 1. The van der Waals surface area contributed by atoms with E-state index in [9.17, 15) is 9.18 Å². The fourth-order valence-electron chi connectivity index (χ4n) is 3.96. The van der Waals surface area contributed by atoms with Gasteiger partial charge in [0.2, 0.25) is 5.91 Å². The topological polar surface area (TPSA) is 68.2 Å². The van der Waals surface area contributed by atoms with Gasteiger partial charge in [-0.2, -0.15) is 0 Å². The van der Waals surface area contributed by atoms with E-state index in [1.165, 1.54) is 38.1 Å². The summed E-state index contributed by atoms with van der Waals surface area (Å²) < 4.78 is 20.7. The van der Waals surface area contributed by atoms with Crippen LogP contribution in [0.3, 0.4) is 0 Å². The molecule has 0 aliphatic carbocycles. The summed E-state index contributed by atoms with van der Waals surface area (Å²) in [5.41, 5.74) is 4.16. The number of aryl methyl sites for hydroxylation is 1. The predicted molar refractivity (Wildman–Crippen MR) is 143 cm³/mol. The molecule has 1 amide bonds. The third-order valence-electron chi connectivity index (χ3n) is 6.07. The zero-order valence-electron chi connectivity index (χ0n) is 21.8. The number of carbonyl (C=O) groups is 1. The second-order valence-electron chi connectivity index (χ2n) is 9.31. The Morgan fingerprint density at radius 1 is 1.14 bits per heavy atom. The highest BCUT2D eigenvalue weighted by atomic mass is 19.1. The first-order valence-electron chi connectivity index (χ1n) is 12.5. The molecule has 0 radical (unpaired) electrons. The van der Waals surface area contributed by atoms with Gasteiger partial charge in [-0.3, -0.25) is 4.79 Å². The van der Waals surface area contributed by atoms with Gasteiger partial charge in [0.15, 0.2) is 0 Å². The van der Waals surface area contributed by atoms with Crippen molar-refractivity contribution in [2.45, 2.75) is 46.6 Å². The molecule has 1 atom stereocenters. The maximum Gasteiger partial charge on any atom is 0.247 e. The highest BCUT2D eigenvalue weighted by Gasteiger charge is 2.17. The Kier molecular flexibility index (Phi) is 9.82. The van der Waals surface area contributed by atoms with Gasteiger partial charge in [-0.15, -0.1) is 0 Å². The van der Waals surface area contributed by atoms with Crippen LogP contribution in [-0.4, -0.2) is 35.7 Å². The summed E-state index contributed by atoms with van der Waals surface area (Å²) in [6.07, 6.45) is 8.33. The van der Waals surface area contributed by atoms with Crippen LogP contribution in [0, 0.1) is 18.7 Å². The average molecular weight is 493 g/mol. The third-order valence-corrected chi connectivity index (χ3v) is 6.07. The van der Waals surface area contributed by atoms with Crippen molar-refractivity contribution < 1.29 is 13.9 Å². The van der Waals surface area contributed by atoms with Gasteiger partial charge in [-0.1, -0.05) is 32.0 Å². The fraction of sp³-hybridized carbons (Fsp3) is 0.379. The van der Waals surface area contributed by atoms with Gasteiger partial charge >= 0.3 is 0 Å². The molecule has 1 aliphatic heterocycles. The van der Waals surface area contributed by atoms with Crippen molar-refractivity contribution in [3.8, 4) is 11.4 Å². The fourth-order valence-corrected chi connectivity index (χ4v) is 3.96. The van der Waals surface area contributed by atoms with E-state index in [4.69, 9.17) is 4.74 Å². The van der Waals surface area contributed by atoms with E-state index in [1.807, 2.05) is 62.7 Å². The van der Waals surface area contributed by atoms with E-state index in [-0.39, 0.29) is 23.7 Å². The minimum Gasteiger partial charge on any atom is -0.495 e. The number of ether oxygens (including phenoxy) is 1. The zero-order valence-corrected chi connectivity index (χ0v) is 21.8.